The number of nitrogens with one attached hydrogen (secondary N) is 1. The van der Waals surface area contributed by atoms with Crippen LogP contribution in [0.15, 0.2) is 97.1 Å². The molecule has 2 saturated heterocycles. The van der Waals surface area contributed by atoms with Crippen molar-refractivity contribution in [3.63, 3.8) is 0 Å². The number of hydrogen-bond acceptors (Lipinski definition) is 5. The first-order chi connectivity index (χ1) is 24.6. The van der Waals surface area contributed by atoms with Gasteiger partial charge in [-0.2, -0.15) is 0 Å². The molecule has 2 fully saturated rings. The summed E-state index contributed by atoms with van der Waals surface area (Å²) < 4.78 is 37.1. The van der Waals surface area contributed by atoms with Crippen LogP contribution in [0.5, 0.6) is 0 Å². The number of nitrogens with two attached hydrogens (primary N) is 1. The van der Waals surface area contributed by atoms with Crippen LogP contribution >= 0.6 is 0 Å². The average molecular weight is 693 g/mol. The van der Waals surface area contributed by atoms with E-state index in [9.17, 15) is 18.4 Å². The Kier molecular flexibility index (Phi) is 14.0. The lowest BCUT2D eigenvalue weighted by molar-refractivity contribution is -0.111. The van der Waals surface area contributed by atoms with Crippen LogP contribution in [0.3, 0.4) is 0 Å². The molecule has 0 bridgehead atoms. The maximum Gasteiger partial charge on any atom is 0.335 e. The maximum atomic E-state index is 13.5. The highest BCUT2D eigenvalue weighted by Gasteiger charge is 2.37. The summed E-state index contributed by atoms with van der Waals surface area (Å²) >= 11 is 0. The molecule has 0 aromatic heterocycles. The topological polar surface area (TPSA) is 111 Å². The Morgan fingerprint density at radius 1 is 0.686 bits per heavy atom. The second kappa shape index (κ2) is 18.6. The van der Waals surface area contributed by atoms with Crippen molar-refractivity contribution in [2.24, 2.45) is 16.6 Å². The van der Waals surface area contributed by atoms with Gasteiger partial charge in [-0.3, -0.25) is 4.79 Å². The highest BCUT2D eigenvalue weighted by molar-refractivity contribution is 5.94. The van der Waals surface area contributed by atoms with Crippen molar-refractivity contribution in [2.45, 2.75) is 26.7 Å². The van der Waals surface area contributed by atoms with Gasteiger partial charge in [0, 0.05) is 40.6 Å². The molecule has 264 valence electrons. The van der Waals surface area contributed by atoms with Crippen molar-refractivity contribution in [3.8, 4) is 23.7 Å². The van der Waals surface area contributed by atoms with Crippen LogP contribution in [-0.2, 0) is 9.47 Å². The molecule has 9 heteroatoms. The Hall–Kier alpha value is -5.32. The fourth-order valence-corrected chi connectivity index (χ4v) is 4.85. The summed E-state index contributed by atoms with van der Waals surface area (Å²) in [5, 5.41) is 11.7. The van der Waals surface area contributed by atoms with E-state index in [0.717, 1.165) is 38.2 Å². The third-order valence-electron chi connectivity index (χ3n) is 8.90. The van der Waals surface area contributed by atoms with E-state index in [2.05, 4.69) is 42.8 Å². The van der Waals surface area contributed by atoms with Gasteiger partial charge in [0.15, 0.2) is 0 Å². The smallest absolute Gasteiger partial charge is 0.335 e. The fourth-order valence-electron chi connectivity index (χ4n) is 4.85. The van der Waals surface area contributed by atoms with Crippen molar-refractivity contribution in [1.82, 2.24) is 5.32 Å². The summed E-state index contributed by atoms with van der Waals surface area (Å²) in [6, 6.07) is 25.8. The van der Waals surface area contributed by atoms with Crippen molar-refractivity contribution >= 4 is 11.9 Å². The number of carbonyl (C=O) groups is 2. The number of aromatic carboxylic acids is 1. The number of hydrogen-bond donors (Lipinski definition) is 3. The standard InChI is InChI=1S/C21H20FNO2.C15H9FO2.C6H13NO/c1-2-21(14-25-15-21)13-23-20(24)18-11-8-16(9-12-18)7-10-17-5-3-4-6-19(17)22;16-14-4-2-1-3-12(14)8-5-11-6-9-13(10-7-11)15(17)18;1-2-6(3-7)4-8-5-6/h3-6,8-9,11-12H,2,13-15H2,1H3,(H,23,24);1-4,6-7,9-10H,(H,17,18);2-5,7H2,1H3. The molecule has 2 aliphatic rings. The van der Waals surface area contributed by atoms with Gasteiger partial charge in [-0.1, -0.05) is 61.8 Å². The highest BCUT2D eigenvalue weighted by atomic mass is 19.1. The molecular formula is C42H42F2N2O5. The van der Waals surface area contributed by atoms with Gasteiger partial charge < -0.3 is 25.6 Å². The van der Waals surface area contributed by atoms with E-state index in [1.165, 1.54) is 24.3 Å². The molecule has 0 radical (unpaired) electrons. The summed E-state index contributed by atoms with van der Waals surface area (Å²) in [7, 11) is 0. The number of ether oxygens (including phenoxy) is 2. The molecular weight excluding hydrogens is 650 g/mol. The van der Waals surface area contributed by atoms with Crippen LogP contribution in [0.4, 0.5) is 8.78 Å². The zero-order valence-corrected chi connectivity index (χ0v) is 28.8. The summed E-state index contributed by atoms with van der Waals surface area (Å²) in [6.45, 7) is 8.83. The molecule has 0 atom stereocenters. The van der Waals surface area contributed by atoms with E-state index >= 15 is 0 Å². The minimum Gasteiger partial charge on any atom is -0.478 e. The maximum absolute atomic E-state index is 13.5. The van der Waals surface area contributed by atoms with Crippen molar-refractivity contribution in [3.05, 3.63) is 142 Å². The van der Waals surface area contributed by atoms with Gasteiger partial charge in [-0.15, -0.1) is 0 Å². The zero-order chi connectivity index (χ0) is 36.7. The van der Waals surface area contributed by atoms with E-state index in [-0.39, 0.29) is 28.5 Å². The van der Waals surface area contributed by atoms with Crippen molar-refractivity contribution in [2.75, 3.05) is 39.5 Å². The molecule has 1 amide bonds. The number of carbonyl (C=O) groups excluding carboxylic acids is 1. The normalized spacial score (nSPS) is 14.5. The lowest BCUT2D eigenvalue weighted by Crippen LogP contribution is -2.50. The molecule has 2 heterocycles. The van der Waals surface area contributed by atoms with Crippen LogP contribution < -0.4 is 11.1 Å². The molecule has 0 unspecified atom stereocenters. The number of halogens is 2. The quantitative estimate of drug-likeness (QED) is 0.187. The number of rotatable bonds is 7. The molecule has 0 saturated carbocycles. The summed E-state index contributed by atoms with van der Waals surface area (Å²) in [5.74, 6) is 9.42. The predicted octanol–water partition coefficient (Wildman–Crippen LogP) is 6.68. The largest absolute Gasteiger partial charge is 0.478 e. The third-order valence-corrected chi connectivity index (χ3v) is 8.90. The fraction of sp³-hybridized carbons (Fsp3) is 0.286. The van der Waals surface area contributed by atoms with E-state index in [0.29, 0.717) is 47.4 Å². The SMILES string of the molecule is CCC1(CN)COC1.CCC1(CNC(=O)c2ccc(C#Cc3ccccc3F)cc2)COC1.O=C(O)c1ccc(C#Cc2ccccc2F)cc1. The Morgan fingerprint density at radius 2 is 1.12 bits per heavy atom. The van der Waals surface area contributed by atoms with Gasteiger partial charge >= 0.3 is 5.97 Å². The van der Waals surface area contributed by atoms with Crippen molar-refractivity contribution < 1.29 is 33.0 Å². The molecule has 0 spiro atoms. The average Bonchev–Trinajstić information content (AvgIpc) is 3.11. The van der Waals surface area contributed by atoms with Crippen molar-refractivity contribution in [1.29, 1.82) is 0 Å². The van der Waals surface area contributed by atoms with Gasteiger partial charge in [-0.25, -0.2) is 13.6 Å². The molecule has 51 heavy (non-hydrogen) atoms. The summed E-state index contributed by atoms with van der Waals surface area (Å²) in [6.07, 6.45) is 2.14. The second-order valence-corrected chi connectivity index (χ2v) is 12.5. The zero-order valence-electron chi connectivity index (χ0n) is 28.8. The number of benzene rings is 4. The predicted molar refractivity (Wildman–Crippen MR) is 193 cm³/mol. The lowest BCUT2D eigenvalue weighted by atomic mass is 9.83. The monoisotopic (exact) mass is 692 g/mol. The van der Waals surface area contributed by atoms with Gasteiger partial charge in [0.2, 0.25) is 0 Å². The van der Waals surface area contributed by atoms with Gasteiger partial charge in [-0.05, 0) is 85.6 Å². The minimum atomic E-state index is -0.983. The molecule has 4 aromatic carbocycles. The van der Waals surface area contributed by atoms with Gasteiger partial charge in [0.05, 0.1) is 43.1 Å². The Bertz CT molecular complexity index is 1880. The highest BCUT2D eigenvalue weighted by Crippen LogP contribution is 2.30. The van der Waals surface area contributed by atoms with E-state index in [1.807, 2.05) is 0 Å². The first-order valence-electron chi connectivity index (χ1n) is 16.7. The Labute approximate surface area is 298 Å². The van der Waals surface area contributed by atoms with Crippen LogP contribution in [0.25, 0.3) is 0 Å². The third kappa shape index (κ3) is 11.1. The van der Waals surface area contributed by atoms with E-state index in [1.54, 1.807) is 72.8 Å². The van der Waals surface area contributed by atoms with Gasteiger partial charge in [0.25, 0.3) is 5.91 Å². The van der Waals surface area contributed by atoms with Crippen LogP contribution in [0.2, 0.25) is 0 Å². The molecule has 4 N–H and O–H groups in total. The summed E-state index contributed by atoms with van der Waals surface area (Å²) in [5.41, 5.74) is 8.78. The Morgan fingerprint density at radius 3 is 1.45 bits per heavy atom. The minimum absolute atomic E-state index is 0.0842. The summed E-state index contributed by atoms with van der Waals surface area (Å²) in [4.78, 5) is 22.9. The van der Waals surface area contributed by atoms with E-state index < -0.39 is 5.97 Å². The van der Waals surface area contributed by atoms with Gasteiger partial charge in [0.1, 0.15) is 11.6 Å². The van der Waals surface area contributed by atoms with E-state index in [4.69, 9.17) is 20.3 Å². The second-order valence-electron chi connectivity index (χ2n) is 12.5. The number of amides is 1. The molecule has 6 rings (SSSR count). The lowest BCUT2D eigenvalue weighted by Gasteiger charge is -2.40. The van der Waals surface area contributed by atoms with Crippen LogP contribution in [-0.4, -0.2) is 56.5 Å². The molecule has 7 nitrogen and oxygen atoms in total. The van der Waals surface area contributed by atoms with Crippen LogP contribution in [0, 0.1) is 46.1 Å². The number of carboxylic acids is 1. The molecule has 0 aliphatic carbocycles. The first-order valence-corrected chi connectivity index (χ1v) is 16.7. The first kappa shape index (κ1) is 38.5. The number of carboxylic acid groups (broad SMARTS) is 1. The van der Waals surface area contributed by atoms with Crippen LogP contribution in [0.1, 0.15) is 69.7 Å². The molecule has 2 aliphatic heterocycles. The Balaban J connectivity index is 0.000000194. The molecule has 4 aromatic rings.